The quantitative estimate of drug-likeness (QED) is 0.740. The molecule has 0 aliphatic carbocycles. The molecule has 1 fully saturated rings. The molecule has 2 aromatic rings. The molecule has 1 saturated heterocycles. The van der Waals surface area contributed by atoms with Crippen LogP contribution in [0, 0.1) is 0 Å². The van der Waals surface area contributed by atoms with Crippen LogP contribution in [0.3, 0.4) is 0 Å². The van der Waals surface area contributed by atoms with Crippen LogP contribution in [0.2, 0.25) is 0 Å². The molecule has 6 nitrogen and oxygen atoms in total. The van der Waals surface area contributed by atoms with Crippen LogP contribution in [0.1, 0.15) is 11.1 Å². The maximum Gasteiger partial charge on any atom is 0.312 e. The molecule has 0 radical (unpaired) electrons. The van der Waals surface area contributed by atoms with E-state index in [9.17, 15) is 9.59 Å². The monoisotopic (exact) mass is 356 g/mol. The lowest BCUT2D eigenvalue weighted by Crippen LogP contribution is -2.44. The molecule has 3 rings (SSSR count). The maximum absolute atomic E-state index is 12.1. The van der Waals surface area contributed by atoms with Gasteiger partial charge in [-0.25, -0.2) is 0 Å². The Labute approximate surface area is 151 Å². The molecule has 6 heteroatoms. The highest BCUT2D eigenvalue weighted by Gasteiger charge is 2.33. The molecule has 1 aliphatic rings. The predicted octanol–water partition coefficient (Wildman–Crippen LogP) is 2.26. The second-order valence-electron chi connectivity index (χ2n) is 5.78. The van der Waals surface area contributed by atoms with Crippen LogP contribution in [0.4, 0.5) is 0 Å². The Balaban J connectivity index is 1.53. The van der Waals surface area contributed by atoms with Gasteiger partial charge in [-0.3, -0.25) is 9.59 Å². The summed E-state index contributed by atoms with van der Waals surface area (Å²) >= 11 is 0. The first-order valence-corrected chi connectivity index (χ1v) is 8.41. The molecule has 2 aromatic carbocycles. The highest BCUT2D eigenvalue weighted by Crippen LogP contribution is 2.16. The minimum atomic E-state index is -1.07. The zero-order chi connectivity index (χ0) is 18.2. The van der Waals surface area contributed by atoms with Crippen molar-refractivity contribution in [3.05, 3.63) is 71.8 Å². The summed E-state index contributed by atoms with van der Waals surface area (Å²) in [5, 5.41) is 0. The van der Waals surface area contributed by atoms with Crippen molar-refractivity contribution in [2.45, 2.75) is 25.4 Å². The van der Waals surface area contributed by atoms with Gasteiger partial charge < -0.3 is 18.9 Å². The first-order chi connectivity index (χ1) is 12.7. The number of ether oxygens (including phenoxy) is 4. The molecule has 0 bridgehead atoms. The normalized spacial score (nSPS) is 19.5. The van der Waals surface area contributed by atoms with Crippen LogP contribution >= 0.6 is 0 Å². The molecule has 1 heterocycles. The molecule has 26 heavy (non-hydrogen) atoms. The van der Waals surface area contributed by atoms with E-state index >= 15 is 0 Å². The molecule has 2 unspecified atom stereocenters. The molecule has 136 valence electrons. The third-order valence-electron chi connectivity index (χ3n) is 3.75. The van der Waals surface area contributed by atoms with Crippen LogP contribution in [-0.2, 0) is 41.4 Å². The number of hydrogen-bond donors (Lipinski definition) is 0. The molecule has 1 aliphatic heterocycles. The molecule has 0 aromatic heterocycles. The summed E-state index contributed by atoms with van der Waals surface area (Å²) in [6.07, 6.45) is -1.93. The van der Waals surface area contributed by atoms with Crippen molar-refractivity contribution < 1.29 is 28.5 Å². The van der Waals surface area contributed by atoms with Gasteiger partial charge in [-0.1, -0.05) is 60.7 Å². The molecule has 0 N–H and O–H groups in total. The molecule has 0 spiro atoms. The fourth-order valence-electron chi connectivity index (χ4n) is 2.53. The van der Waals surface area contributed by atoms with Crippen LogP contribution in [0.5, 0.6) is 0 Å². The van der Waals surface area contributed by atoms with Gasteiger partial charge in [0.1, 0.15) is 0 Å². The second-order valence-corrected chi connectivity index (χ2v) is 5.78. The van der Waals surface area contributed by atoms with Crippen molar-refractivity contribution in [3.63, 3.8) is 0 Å². The van der Waals surface area contributed by atoms with E-state index in [4.69, 9.17) is 18.9 Å². The van der Waals surface area contributed by atoms with Crippen molar-refractivity contribution in [1.82, 2.24) is 0 Å². The van der Waals surface area contributed by atoms with Gasteiger partial charge in [0, 0.05) is 0 Å². The van der Waals surface area contributed by atoms with Crippen molar-refractivity contribution >= 4 is 11.9 Å². The standard InChI is InChI=1S/C20H20O6/c21-17(13-15-7-3-1-4-8-15)25-19-20(24-12-11-23-19)26-18(22)14-16-9-5-2-6-10-16/h1-10,19-20H,11-14H2. The minimum Gasteiger partial charge on any atom is -0.428 e. The molecule has 0 amide bonds. The zero-order valence-electron chi connectivity index (χ0n) is 14.2. The summed E-state index contributed by atoms with van der Waals surface area (Å²) in [5.74, 6) is -0.952. The first kappa shape index (κ1) is 18.1. The Hall–Kier alpha value is -2.70. The van der Waals surface area contributed by atoms with Crippen molar-refractivity contribution in [1.29, 1.82) is 0 Å². The van der Waals surface area contributed by atoms with E-state index in [1.165, 1.54) is 0 Å². The highest BCUT2D eigenvalue weighted by molar-refractivity contribution is 5.73. The van der Waals surface area contributed by atoms with Gasteiger partial charge >= 0.3 is 11.9 Å². The summed E-state index contributed by atoms with van der Waals surface area (Å²) in [7, 11) is 0. The molecule has 0 saturated carbocycles. The molecular formula is C20H20O6. The average Bonchev–Trinajstić information content (AvgIpc) is 2.65. The van der Waals surface area contributed by atoms with Gasteiger partial charge in [0.2, 0.25) is 0 Å². The first-order valence-electron chi connectivity index (χ1n) is 8.41. The van der Waals surface area contributed by atoms with E-state index in [0.29, 0.717) is 0 Å². The van der Waals surface area contributed by atoms with E-state index in [2.05, 4.69) is 0 Å². The summed E-state index contributed by atoms with van der Waals surface area (Å²) in [6, 6.07) is 18.4. The van der Waals surface area contributed by atoms with Crippen LogP contribution in [0.25, 0.3) is 0 Å². The fourth-order valence-corrected chi connectivity index (χ4v) is 2.53. The molecular weight excluding hydrogens is 336 g/mol. The molecule has 2 atom stereocenters. The summed E-state index contributed by atoms with van der Waals surface area (Å²) in [6.45, 7) is 0.520. The predicted molar refractivity (Wildman–Crippen MR) is 92.0 cm³/mol. The van der Waals surface area contributed by atoms with Gasteiger partial charge in [-0.05, 0) is 11.1 Å². The Kier molecular flexibility index (Phi) is 6.35. The van der Waals surface area contributed by atoms with Crippen LogP contribution in [0.15, 0.2) is 60.7 Å². The Bertz CT molecular complexity index is 652. The Morgan fingerprint density at radius 1 is 0.731 bits per heavy atom. The largest absolute Gasteiger partial charge is 0.428 e. The second kappa shape index (κ2) is 9.12. The Morgan fingerprint density at radius 2 is 1.12 bits per heavy atom. The fraction of sp³-hybridized carbons (Fsp3) is 0.300. The van der Waals surface area contributed by atoms with Gasteiger partial charge in [0.05, 0.1) is 26.1 Å². The number of hydrogen-bond acceptors (Lipinski definition) is 6. The summed E-state index contributed by atoms with van der Waals surface area (Å²) in [4.78, 5) is 24.2. The van der Waals surface area contributed by atoms with Crippen molar-refractivity contribution in [3.8, 4) is 0 Å². The highest BCUT2D eigenvalue weighted by atomic mass is 16.8. The van der Waals surface area contributed by atoms with Gasteiger partial charge in [-0.15, -0.1) is 0 Å². The average molecular weight is 356 g/mol. The topological polar surface area (TPSA) is 71.1 Å². The number of rotatable bonds is 6. The van der Waals surface area contributed by atoms with Gasteiger partial charge in [0.15, 0.2) is 0 Å². The number of carbonyl (C=O) groups is 2. The minimum absolute atomic E-state index is 0.103. The SMILES string of the molecule is O=C(Cc1ccccc1)OC1OCCOC1OC(=O)Cc1ccccc1. The smallest absolute Gasteiger partial charge is 0.312 e. The van der Waals surface area contributed by atoms with Crippen molar-refractivity contribution in [2.75, 3.05) is 13.2 Å². The van der Waals surface area contributed by atoms with E-state index in [0.717, 1.165) is 11.1 Å². The number of benzene rings is 2. The maximum atomic E-state index is 12.1. The zero-order valence-corrected chi connectivity index (χ0v) is 14.2. The number of carbonyl (C=O) groups excluding carboxylic acids is 2. The van der Waals surface area contributed by atoms with Gasteiger partial charge in [-0.2, -0.15) is 0 Å². The summed E-state index contributed by atoms with van der Waals surface area (Å²) < 4.78 is 21.4. The lowest BCUT2D eigenvalue weighted by Gasteiger charge is -2.30. The van der Waals surface area contributed by atoms with Crippen molar-refractivity contribution in [2.24, 2.45) is 0 Å². The lowest BCUT2D eigenvalue weighted by atomic mass is 10.1. The van der Waals surface area contributed by atoms with Gasteiger partial charge in [0.25, 0.3) is 12.6 Å². The van der Waals surface area contributed by atoms with Crippen LogP contribution < -0.4 is 0 Å². The van der Waals surface area contributed by atoms with E-state index < -0.39 is 24.5 Å². The summed E-state index contributed by atoms with van der Waals surface area (Å²) in [5.41, 5.74) is 1.65. The van der Waals surface area contributed by atoms with E-state index in [1.54, 1.807) is 0 Å². The number of esters is 2. The Morgan fingerprint density at radius 3 is 1.50 bits per heavy atom. The third kappa shape index (κ3) is 5.40. The third-order valence-corrected chi connectivity index (χ3v) is 3.75. The van der Waals surface area contributed by atoms with Crippen LogP contribution in [-0.4, -0.2) is 37.7 Å². The lowest BCUT2D eigenvalue weighted by molar-refractivity contribution is -0.302. The van der Waals surface area contributed by atoms with E-state index in [1.807, 2.05) is 60.7 Å². The van der Waals surface area contributed by atoms with E-state index in [-0.39, 0.29) is 26.1 Å².